The van der Waals surface area contributed by atoms with Crippen LogP contribution < -0.4 is 5.32 Å². The highest BCUT2D eigenvalue weighted by atomic mass is 16.5. The number of aliphatic hydroxyl groups is 1. The fraction of sp³-hybridized carbons (Fsp3) is 0.765. The maximum Gasteiger partial charge on any atom is 0.244 e. The average molecular weight is 336 g/mol. The number of carbonyl (C=O) groups is 1. The molecule has 1 aromatic heterocycles. The largest absolute Gasteiger partial charge is 0.386 e. The van der Waals surface area contributed by atoms with Crippen molar-refractivity contribution in [2.24, 2.45) is 0 Å². The highest BCUT2D eigenvalue weighted by Gasteiger charge is 2.48. The first-order valence-corrected chi connectivity index (χ1v) is 8.64. The molecule has 1 aromatic rings. The van der Waals surface area contributed by atoms with Gasteiger partial charge in [0.15, 0.2) is 0 Å². The second kappa shape index (κ2) is 6.46. The van der Waals surface area contributed by atoms with Crippen molar-refractivity contribution in [1.29, 1.82) is 0 Å². The number of amides is 1. The quantitative estimate of drug-likeness (QED) is 0.831. The predicted octanol–water partition coefficient (Wildman–Crippen LogP) is 0.312. The lowest BCUT2D eigenvalue weighted by Crippen LogP contribution is -2.62. The third-order valence-electron chi connectivity index (χ3n) is 5.43. The van der Waals surface area contributed by atoms with Gasteiger partial charge >= 0.3 is 0 Å². The number of piperidine rings is 1. The number of nitrogens with zero attached hydrogens (tertiary/aromatic N) is 3. The SMILES string of the molecule is CN[C@H]1CC2(CCN(C(=O)Cn3cc(C)cn3)CC2)OC[C@]1(C)O. The molecule has 3 rings (SSSR count). The van der Waals surface area contributed by atoms with E-state index in [1.54, 1.807) is 10.9 Å². The van der Waals surface area contributed by atoms with E-state index < -0.39 is 5.60 Å². The Morgan fingerprint density at radius 1 is 1.50 bits per heavy atom. The molecule has 0 unspecified atom stereocenters. The molecule has 2 fully saturated rings. The van der Waals surface area contributed by atoms with Gasteiger partial charge in [-0.3, -0.25) is 9.48 Å². The Bertz CT molecular complexity index is 590. The molecule has 2 N–H and O–H groups in total. The van der Waals surface area contributed by atoms with Crippen molar-refractivity contribution in [3.8, 4) is 0 Å². The molecule has 1 amide bonds. The number of nitrogens with one attached hydrogen (secondary N) is 1. The maximum atomic E-state index is 12.4. The Morgan fingerprint density at radius 3 is 2.79 bits per heavy atom. The van der Waals surface area contributed by atoms with Gasteiger partial charge in [0.1, 0.15) is 12.1 Å². The summed E-state index contributed by atoms with van der Waals surface area (Å²) in [6.45, 7) is 5.78. The van der Waals surface area contributed by atoms with Crippen LogP contribution in [0, 0.1) is 6.92 Å². The zero-order chi connectivity index (χ0) is 17.4. The van der Waals surface area contributed by atoms with E-state index in [0.29, 0.717) is 19.7 Å². The third-order valence-corrected chi connectivity index (χ3v) is 5.43. The van der Waals surface area contributed by atoms with Crippen molar-refractivity contribution in [2.75, 3.05) is 26.7 Å². The molecule has 2 aliphatic rings. The number of likely N-dealkylation sites (tertiary alicyclic amines) is 1. The summed E-state index contributed by atoms with van der Waals surface area (Å²) in [5.74, 6) is 0.0981. The summed E-state index contributed by atoms with van der Waals surface area (Å²) < 4.78 is 7.75. The molecular weight excluding hydrogens is 308 g/mol. The van der Waals surface area contributed by atoms with Crippen LogP contribution in [-0.2, 0) is 16.1 Å². The summed E-state index contributed by atoms with van der Waals surface area (Å²) in [5.41, 5.74) is -0.0129. The molecule has 3 heterocycles. The van der Waals surface area contributed by atoms with Crippen LogP contribution >= 0.6 is 0 Å². The lowest BCUT2D eigenvalue weighted by atomic mass is 9.77. The molecule has 2 aliphatic heterocycles. The Kier molecular flexibility index (Phi) is 4.68. The van der Waals surface area contributed by atoms with Crippen molar-refractivity contribution < 1.29 is 14.6 Å². The Morgan fingerprint density at radius 2 is 2.21 bits per heavy atom. The van der Waals surface area contributed by atoms with E-state index in [4.69, 9.17) is 4.74 Å². The summed E-state index contributed by atoms with van der Waals surface area (Å²) in [7, 11) is 1.88. The summed E-state index contributed by atoms with van der Waals surface area (Å²) in [6.07, 6.45) is 6.04. The zero-order valence-electron chi connectivity index (χ0n) is 14.8. The molecule has 2 atom stereocenters. The fourth-order valence-electron chi connectivity index (χ4n) is 3.77. The normalized spacial score (nSPS) is 29.8. The number of likely N-dealkylation sites (N-methyl/N-ethyl adjacent to an activating group) is 1. The first kappa shape index (κ1) is 17.4. The van der Waals surface area contributed by atoms with Gasteiger partial charge in [0.05, 0.1) is 18.4 Å². The number of hydrogen-bond donors (Lipinski definition) is 2. The van der Waals surface area contributed by atoms with E-state index in [0.717, 1.165) is 24.8 Å². The highest BCUT2D eigenvalue weighted by molar-refractivity contribution is 5.76. The second-order valence-corrected chi connectivity index (χ2v) is 7.47. The molecule has 0 radical (unpaired) electrons. The molecule has 7 heteroatoms. The van der Waals surface area contributed by atoms with Gasteiger partial charge in [0, 0.05) is 25.3 Å². The van der Waals surface area contributed by atoms with Gasteiger partial charge in [0.25, 0.3) is 0 Å². The Hall–Kier alpha value is -1.44. The van der Waals surface area contributed by atoms with Gasteiger partial charge in [-0.05, 0) is 45.7 Å². The molecule has 7 nitrogen and oxygen atoms in total. The number of carbonyl (C=O) groups excluding carboxylic acids is 1. The van der Waals surface area contributed by atoms with Crippen LogP contribution in [0.1, 0.15) is 31.7 Å². The van der Waals surface area contributed by atoms with Gasteiger partial charge in [-0.2, -0.15) is 5.10 Å². The molecule has 0 saturated carbocycles. The van der Waals surface area contributed by atoms with Crippen LogP contribution in [0.15, 0.2) is 12.4 Å². The highest BCUT2D eigenvalue weighted by Crippen LogP contribution is 2.38. The van der Waals surface area contributed by atoms with E-state index in [1.165, 1.54) is 0 Å². The van der Waals surface area contributed by atoms with Crippen molar-refractivity contribution in [3.63, 3.8) is 0 Å². The minimum Gasteiger partial charge on any atom is -0.386 e. The summed E-state index contributed by atoms with van der Waals surface area (Å²) >= 11 is 0. The minimum absolute atomic E-state index is 0.0144. The van der Waals surface area contributed by atoms with Gasteiger partial charge in [-0.15, -0.1) is 0 Å². The minimum atomic E-state index is -0.842. The van der Waals surface area contributed by atoms with Crippen molar-refractivity contribution >= 4 is 5.91 Å². The van der Waals surface area contributed by atoms with Crippen molar-refractivity contribution in [1.82, 2.24) is 20.0 Å². The maximum absolute atomic E-state index is 12.4. The first-order valence-electron chi connectivity index (χ1n) is 8.64. The lowest BCUT2D eigenvalue weighted by molar-refractivity contribution is -0.193. The summed E-state index contributed by atoms with van der Waals surface area (Å²) in [6, 6.07) is 0.0144. The van der Waals surface area contributed by atoms with Crippen LogP contribution in [-0.4, -0.2) is 69.7 Å². The van der Waals surface area contributed by atoms with E-state index >= 15 is 0 Å². The Balaban J connectivity index is 1.56. The molecule has 134 valence electrons. The van der Waals surface area contributed by atoms with Gasteiger partial charge in [-0.25, -0.2) is 0 Å². The molecule has 1 spiro atoms. The summed E-state index contributed by atoms with van der Waals surface area (Å²) in [4.78, 5) is 14.3. The second-order valence-electron chi connectivity index (χ2n) is 7.47. The van der Waals surface area contributed by atoms with Gasteiger partial charge in [0.2, 0.25) is 5.91 Å². The van der Waals surface area contributed by atoms with Crippen molar-refractivity contribution in [2.45, 2.75) is 56.9 Å². The molecule has 24 heavy (non-hydrogen) atoms. The zero-order valence-corrected chi connectivity index (χ0v) is 14.8. The third kappa shape index (κ3) is 3.48. The number of ether oxygens (including phenoxy) is 1. The van der Waals surface area contributed by atoms with E-state index in [1.807, 2.05) is 32.0 Å². The smallest absolute Gasteiger partial charge is 0.244 e. The molecule has 0 aromatic carbocycles. The molecule has 2 saturated heterocycles. The molecule has 0 bridgehead atoms. The number of hydrogen-bond acceptors (Lipinski definition) is 5. The lowest BCUT2D eigenvalue weighted by Gasteiger charge is -2.50. The number of aryl methyl sites for hydroxylation is 1. The monoisotopic (exact) mass is 336 g/mol. The van der Waals surface area contributed by atoms with Crippen LogP contribution in [0.4, 0.5) is 0 Å². The van der Waals surface area contributed by atoms with Crippen LogP contribution in [0.2, 0.25) is 0 Å². The van der Waals surface area contributed by atoms with E-state index in [2.05, 4.69) is 10.4 Å². The topological polar surface area (TPSA) is 79.6 Å². The molecule has 0 aliphatic carbocycles. The number of aromatic nitrogens is 2. The first-order chi connectivity index (χ1) is 11.3. The van der Waals surface area contributed by atoms with Crippen LogP contribution in [0.5, 0.6) is 0 Å². The van der Waals surface area contributed by atoms with E-state index in [9.17, 15) is 9.90 Å². The fourth-order valence-corrected chi connectivity index (χ4v) is 3.77. The average Bonchev–Trinajstić information content (AvgIpc) is 2.95. The van der Waals surface area contributed by atoms with Gasteiger partial charge in [-0.1, -0.05) is 0 Å². The number of rotatable bonds is 3. The van der Waals surface area contributed by atoms with Crippen LogP contribution in [0.25, 0.3) is 0 Å². The summed E-state index contributed by atoms with van der Waals surface area (Å²) in [5, 5.41) is 17.8. The van der Waals surface area contributed by atoms with Gasteiger partial charge < -0.3 is 20.1 Å². The van der Waals surface area contributed by atoms with Crippen molar-refractivity contribution in [3.05, 3.63) is 18.0 Å². The Labute approximate surface area is 143 Å². The van der Waals surface area contributed by atoms with Crippen LogP contribution in [0.3, 0.4) is 0 Å². The predicted molar refractivity (Wildman–Crippen MR) is 89.5 cm³/mol. The molecular formula is C17H28N4O3. The standard InChI is InChI=1S/C17H28N4O3/c1-13-9-19-21(10-13)11-15(22)20-6-4-17(5-7-20)8-14(18-3)16(2,23)12-24-17/h9-10,14,18,23H,4-8,11-12H2,1-3H3/t14-,16-/m0/s1. The van der Waals surface area contributed by atoms with E-state index in [-0.39, 0.29) is 24.1 Å².